The molecule has 0 fully saturated rings. The van der Waals surface area contributed by atoms with E-state index in [1.165, 1.54) is 18.2 Å². The highest BCUT2D eigenvalue weighted by atomic mass is 127. The lowest BCUT2D eigenvalue weighted by Crippen LogP contribution is -2.21. The van der Waals surface area contributed by atoms with Crippen LogP contribution in [-0.2, 0) is 0 Å². The molecule has 0 heterocycles. The van der Waals surface area contributed by atoms with Crippen molar-refractivity contribution in [2.24, 2.45) is 0 Å². The van der Waals surface area contributed by atoms with Crippen LogP contribution in [0.3, 0.4) is 0 Å². The van der Waals surface area contributed by atoms with Gasteiger partial charge in [-0.15, -0.1) is 0 Å². The number of rotatable bonds is 1. The molecule has 1 rings (SSSR count). The van der Waals surface area contributed by atoms with Crippen LogP contribution in [0.25, 0.3) is 0 Å². The van der Waals surface area contributed by atoms with Crippen LogP contribution >= 0.6 is 34.2 Å². The molecule has 1 N–H and O–H groups in total. The van der Waals surface area contributed by atoms with Gasteiger partial charge in [-0.05, 0) is 34.7 Å². The fourth-order valence-corrected chi connectivity index (χ4v) is 2.07. The minimum absolute atomic E-state index is 0.178. The molecule has 0 saturated carbocycles. The van der Waals surface area contributed by atoms with E-state index in [9.17, 15) is 13.2 Å². The van der Waals surface area contributed by atoms with Crippen LogP contribution in [-0.4, -0.2) is 11.3 Å². The van der Waals surface area contributed by atoms with Gasteiger partial charge in [0.05, 0.1) is 0 Å². The summed E-state index contributed by atoms with van der Waals surface area (Å²) in [5.74, 6) is 0. The highest BCUT2D eigenvalue weighted by molar-refractivity contribution is 14.1. The van der Waals surface area contributed by atoms with Crippen molar-refractivity contribution < 1.29 is 18.3 Å². The van der Waals surface area contributed by atoms with Gasteiger partial charge in [0.15, 0.2) is 6.10 Å². The van der Waals surface area contributed by atoms with E-state index in [-0.39, 0.29) is 5.56 Å². The first-order chi connectivity index (χ1) is 6.32. The molecular weight excluding hydrogens is 331 g/mol. The van der Waals surface area contributed by atoms with Gasteiger partial charge in [-0.3, -0.25) is 0 Å². The molecule has 78 valence electrons. The van der Waals surface area contributed by atoms with Crippen molar-refractivity contribution in [3.63, 3.8) is 0 Å². The summed E-state index contributed by atoms with van der Waals surface area (Å²) in [6.07, 6.45) is -7.10. The molecule has 0 radical (unpaired) electrons. The molecule has 0 saturated heterocycles. The number of aliphatic hydroxyl groups is 1. The van der Waals surface area contributed by atoms with E-state index in [2.05, 4.69) is 0 Å². The molecule has 0 aromatic heterocycles. The molecule has 1 aromatic carbocycles. The van der Waals surface area contributed by atoms with Crippen LogP contribution in [0.2, 0.25) is 5.02 Å². The zero-order chi connectivity index (χ0) is 10.9. The number of alkyl halides is 3. The topological polar surface area (TPSA) is 20.2 Å². The Morgan fingerprint density at radius 3 is 2.36 bits per heavy atom. The van der Waals surface area contributed by atoms with Gasteiger partial charge in [0, 0.05) is 14.2 Å². The van der Waals surface area contributed by atoms with E-state index >= 15 is 0 Å². The summed E-state index contributed by atoms with van der Waals surface area (Å²) in [4.78, 5) is 0. The fraction of sp³-hybridized carbons (Fsp3) is 0.250. The molecule has 0 aliphatic rings. The Kier molecular flexibility index (Phi) is 3.65. The van der Waals surface area contributed by atoms with Crippen molar-refractivity contribution in [1.29, 1.82) is 0 Å². The van der Waals surface area contributed by atoms with Crippen LogP contribution in [0, 0.1) is 3.57 Å². The number of hydrogen-bond acceptors (Lipinski definition) is 1. The number of benzene rings is 1. The molecule has 1 aromatic rings. The third-order valence-corrected chi connectivity index (χ3v) is 2.74. The van der Waals surface area contributed by atoms with E-state index in [1.54, 1.807) is 22.6 Å². The zero-order valence-electron chi connectivity index (χ0n) is 6.65. The smallest absolute Gasteiger partial charge is 0.379 e. The predicted octanol–water partition coefficient (Wildman–Crippen LogP) is 3.54. The van der Waals surface area contributed by atoms with Gasteiger partial charge >= 0.3 is 6.18 Å². The van der Waals surface area contributed by atoms with Gasteiger partial charge in [0.25, 0.3) is 0 Å². The summed E-state index contributed by atoms with van der Waals surface area (Å²) in [5.41, 5.74) is -0.178. The highest BCUT2D eigenvalue weighted by Gasteiger charge is 2.40. The van der Waals surface area contributed by atoms with E-state index in [0.29, 0.717) is 8.59 Å². The molecule has 0 aliphatic heterocycles. The van der Waals surface area contributed by atoms with E-state index in [0.717, 1.165) is 0 Å². The van der Waals surface area contributed by atoms with Gasteiger partial charge in [0.2, 0.25) is 0 Å². The number of halogens is 5. The molecule has 0 spiro atoms. The average Bonchev–Trinajstić information content (AvgIpc) is 2.01. The number of hydrogen-bond donors (Lipinski definition) is 1. The average molecular weight is 336 g/mol. The zero-order valence-corrected chi connectivity index (χ0v) is 9.56. The Hall–Kier alpha value is -0.0100. The van der Waals surface area contributed by atoms with Crippen LogP contribution in [0.15, 0.2) is 18.2 Å². The Balaban J connectivity index is 3.08. The highest BCUT2D eigenvalue weighted by Crippen LogP contribution is 2.35. The van der Waals surface area contributed by atoms with Crippen molar-refractivity contribution >= 4 is 34.2 Å². The molecule has 1 nitrogen and oxygen atoms in total. The van der Waals surface area contributed by atoms with Crippen LogP contribution in [0.5, 0.6) is 0 Å². The SMILES string of the molecule is O[C@H](c1ccc(Cl)cc1I)C(F)(F)F. The van der Waals surface area contributed by atoms with Crippen LogP contribution in [0.4, 0.5) is 13.2 Å². The van der Waals surface area contributed by atoms with Crippen LogP contribution < -0.4 is 0 Å². The molecule has 0 bridgehead atoms. The number of aliphatic hydroxyl groups excluding tert-OH is 1. The largest absolute Gasteiger partial charge is 0.418 e. The summed E-state index contributed by atoms with van der Waals surface area (Å²) < 4.78 is 36.7. The first-order valence-electron chi connectivity index (χ1n) is 3.52. The third kappa shape index (κ3) is 2.74. The molecule has 1 atom stereocenters. The summed E-state index contributed by atoms with van der Waals surface area (Å²) in [6, 6.07) is 3.85. The maximum absolute atomic E-state index is 12.1. The van der Waals surface area contributed by atoms with Crippen molar-refractivity contribution in [1.82, 2.24) is 0 Å². The first-order valence-corrected chi connectivity index (χ1v) is 4.98. The van der Waals surface area contributed by atoms with Crippen molar-refractivity contribution in [2.45, 2.75) is 12.3 Å². The van der Waals surface area contributed by atoms with Crippen molar-refractivity contribution in [3.05, 3.63) is 32.4 Å². The fourth-order valence-electron chi connectivity index (χ4n) is 0.900. The van der Waals surface area contributed by atoms with Gasteiger partial charge < -0.3 is 5.11 Å². The molecular formula is C8H5ClF3IO. The van der Waals surface area contributed by atoms with Gasteiger partial charge in [0.1, 0.15) is 0 Å². The Bertz CT molecular complexity index is 340. The quantitative estimate of drug-likeness (QED) is 0.778. The van der Waals surface area contributed by atoms with E-state index in [4.69, 9.17) is 16.7 Å². The Labute approximate surface area is 97.0 Å². The summed E-state index contributed by atoms with van der Waals surface area (Å²) >= 11 is 7.27. The molecule has 6 heteroatoms. The monoisotopic (exact) mass is 336 g/mol. The first kappa shape index (κ1) is 12.1. The Morgan fingerprint density at radius 1 is 1.36 bits per heavy atom. The normalized spacial score (nSPS) is 14.1. The molecule has 0 amide bonds. The van der Waals surface area contributed by atoms with Gasteiger partial charge in [-0.25, -0.2) is 0 Å². The second kappa shape index (κ2) is 4.24. The minimum atomic E-state index is -4.65. The maximum atomic E-state index is 12.1. The second-order valence-electron chi connectivity index (χ2n) is 2.61. The predicted molar refractivity (Wildman–Crippen MR) is 55.2 cm³/mol. The van der Waals surface area contributed by atoms with Crippen LogP contribution in [0.1, 0.15) is 11.7 Å². The molecule has 0 aliphatic carbocycles. The maximum Gasteiger partial charge on any atom is 0.418 e. The van der Waals surface area contributed by atoms with E-state index < -0.39 is 12.3 Å². The third-order valence-electron chi connectivity index (χ3n) is 1.57. The van der Waals surface area contributed by atoms with Gasteiger partial charge in [-0.1, -0.05) is 17.7 Å². The lowest BCUT2D eigenvalue weighted by Gasteiger charge is -2.16. The molecule has 14 heavy (non-hydrogen) atoms. The van der Waals surface area contributed by atoms with Gasteiger partial charge in [-0.2, -0.15) is 13.2 Å². The molecule has 0 unspecified atom stereocenters. The van der Waals surface area contributed by atoms with Crippen molar-refractivity contribution in [2.75, 3.05) is 0 Å². The summed E-state index contributed by atoms with van der Waals surface area (Å²) in [6.45, 7) is 0. The lowest BCUT2D eigenvalue weighted by atomic mass is 10.1. The second-order valence-corrected chi connectivity index (χ2v) is 4.21. The summed E-state index contributed by atoms with van der Waals surface area (Å²) in [7, 11) is 0. The summed E-state index contributed by atoms with van der Waals surface area (Å²) in [5, 5.41) is 9.30. The van der Waals surface area contributed by atoms with Crippen molar-refractivity contribution in [3.8, 4) is 0 Å². The standard InChI is InChI=1S/C8H5ClF3IO/c9-4-1-2-5(6(13)3-4)7(14)8(10,11)12/h1-3,7,14H/t7-/m1/s1. The van der Waals surface area contributed by atoms with E-state index in [1.807, 2.05) is 0 Å². The Morgan fingerprint density at radius 2 is 1.93 bits per heavy atom. The lowest BCUT2D eigenvalue weighted by molar-refractivity contribution is -0.207. The minimum Gasteiger partial charge on any atom is -0.379 e.